The van der Waals surface area contributed by atoms with Gasteiger partial charge in [0.15, 0.2) is 18.1 Å². The molecule has 26 heavy (non-hydrogen) atoms. The van der Waals surface area contributed by atoms with E-state index in [1.807, 2.05) is 25.1 Å². The van der Waals surface area contributed by atoms with Crippen molar-refractivity contribution in [2.75, 3.05) is 20.3 Å². The Morgan fingerprint density at radius 1 is 1.35 bits per heavy atom. The van der Waals surface area contributed by atoms with Crippen molar-refractivity contribution in [3.05, 3.63) is 40.3 Å². The maximum absolute atomic E-state index is 11.8. The summed E-state index contributed by atoms with van der Waals surface area (Å²) in [5.74, 6) is 0.327. The molecule has 1 N–H and O–H groups in total. The molecule has 0 atom stereocenters. The van der Waals surface area contributed by atoms with E-state index < -0.39 is 5.97 Å². The highest BCUT2D eigenvalue weighted by Gasteiger charge is 2.23. The number of rotatable bonds is 7. The Kier molecular flexibility index (Phi) is 7.23. The fourth-order valence-electron chi connectivity index (χ4n) is 2.12. The lowest BCUT2D eigenvalue weighted by atomic mass is 10.1. The predicted octanol–water partition coefficient (Wildman–Crippen LogP) is 3.07. The molecule has 1 aliphatic heterocycles. The van der Waals surface area contributed by atoms with Gasteiger partial charge in [-0.05, 0) is 37.1 Å². The summed E-state index contributed by atoms with van der Waals surface area (Å²) in [6.45, 7) is 3.70. The molecule has 0 aliphatic carbocycles. The molecule has 0 spiro atoms. The van der Waals surface area contributed by atoms with Crippen molar-refractivity contribution < 1.29 is 23.8 Å². The van der Waals surface area contributed by atoms with Crippen LogP contribution in [0.4, 0.5) is 0 Å². The molecule has 138 valence electrons. The Balaban J connectivity index is 2.11. The fourth-order valence-corrected chi connectivity index (χ4v) is 3.16. The third-order valence-electron chi connectivity index (χ3n) is 3.34. The molecule has 0 aromatic heterocycles. The van der Waals surface area contributed by atoms with E-state index in [-0.39, 0.29) is 12.5 Å². The van der Waals surface area contributed by atoms with Crippen molar-refractivity contribution in [1.29, 1.82) is 0 Å². The first-order valence-corrected chi connectivity index (χ1v) is 9.05. The minimum Gasteiger partial charge on any atom is -0.493 e. The van der Waals surface area contributed by atoms with Gasteiger partial charge in [0.25, 0.3) is 5.91 Å². The predicted molar refractivity (Wildman–Crippen MR) is 105 cm³/mol. The van der Waals surface area contributed by atoms with E-state index in [1.165, 1.54) is 18.9 Å². The molecule has 8 heteroatoms. The number of thioether (sulfide) groups is 1. The van der Waals surface area contributed by atoms with E-state index >= 15 is 0 Å². The Bertz CT molecular complexity index is 786. The number of carbonyl (C=O) groups excluding carboxylic acids is 2. The van der Waals surface area contributed by atoms with Gasteiger partial charge in [0.1, 0.15) is 4.32 Å². The van der Waals surface area contributed by atoms with Crippen molar-refractivity contribution in [3.8, 4) is 11.5 Å². The van der Waals surface area contributed by atoms with E-state index in [0.29, 0.717) is 27.3 Å². The first kappa shape index (κ1) is 20.0. The average molecular weight is 393 g/mol. The van der Waals surface area contributed by atoms with Crippen LogP contribution in [-0.2, 0) is 14.3 Å². The average Bonchev–Trinajstić information content (AvgIpc) is 2.96. The van der Waals surface area contributed by atoms with E-state index in [4.69, 9.17) is 26.4 Å². The molecule has 1 amide bonds. The van der Waals surface area contributed by atoms with Crippen molar-refractivity contribution in [2.45, 2.75) is 13.8 Å². The van der Waals surface area contributed by atoms with Crippen LogP contribution in [0.15, 0.2) is 34.8 Å². The van der Waals surface area contributed by atoms with Crippen LogP contribution in [0.1, 0.15) is 19.4 Å². The number of hydrogen-bond acceptors (Lipinski definition) is 7. The van der Waals surface area contributed by atoms with Crippen molar-refractivity contribution in [2.24, 2.45) is 0 Å². The number of amides is 1. The normalized spacial score (nSPS) is 15.8. The number of allylic oxidation sites excluding steroid dienone is 2. The molecule has 0 bridgehead atoms. The number of thiocarbonyl (C=S) groups is 1. The monoisotopic (exact) mass is 393 g/mol. The van der Waals surface area contributed by atoms with Crippen LogP contribution in [0.2, 0.25) is 0 Å². The van der Waals surface area contributed by atoms with Crippen LogP contribution < -0.4 is 14.8 Å². The summed E-state index contributed by atoms with van der Waals surface area (Å²) in [4.78, 5) is 23.7. The van der Waals surface area contributed by atoms with E-state index in [9.17, 15) is 9.59 Å². The summed E-state index contributed by atoms with van der Waals surface area (Å²) in [5, 5.41) is 2.59. The molecule has 1 aromatic rings. The highest BCUT2D eigenvalue weighted by molar-refractivity contribution is 8.26. The lowest BCUT2D eigenvalue weighted by molar-refractivity contribution is -0.145. The second-order valence-corrected chi connectivity index (χ2v) is 6.88. The standard InChI is InChI=1S/C18H19NO5S2/c1-4-23-15(20)10-24-13-8-7-12(9-14(13)22-3)6-5-11(2)16-17(21)19-18(25)26-16/h5-9H,4,10H2,1-3H3,(H,19,21,25). The SMILES string of the molecule is CCOC(=O)COc1ccc(C=CC(C)=C2SC(=S)NC2=O)cc1OC. The maximum atomic E-state index is 11.8. The summed E-state index contributed by atoms with van der Waals surface area (Å²) in [5.41, 5.74) is 1.67. The fraction of sp³-hybridized carbons (Fsp3) is 0.278. The van der Waals surface area contributed by atoms with Crippen LogP contribution in [0.3, 0.4) is 0 Å². The summed E-state index contributed by atoms with van der Waals surface area (Å²) < 4.78 is 16.0. The molecule has 1 aromatic carbocycles. The molecule has 6 nitrogen and oxygen atoms in total. The van der Waals surface area contributed by atoms with Crippen LogP contribution >= 0.6 is 24.0 Å². The van der Waals surface area contributed by atoms with E-state index in [1.54, 1.807) is 19.1 Å². The molecule has 1 aliphatic rings. The van der Waals surface area contributed by atoms with Gasteiger partial charge in [-0.15, -0.1) is 0 Å². The number of nitrogens with one attached hydrogen (secondary N) is 1. The highest BCUT2D eigenvalue weighted by atomic mass is 32.2. The molecule has 1 fully saturated rings. The zero-order valence-corrected chi connectivity index (χ0v) is 16.3. The number of hydrogen-bond donors (Lipinski definition) is 1. The summed E-state index contributed by atoms with van der Waals surface area (Å²) in [6.07, 6.45) is 3.69. The van der Waals surface area contributed by atoms with Gasteiger partial charge in [-0.3, -0.25) is 4.79 Å². The van der Waals surface area contributed by atoms with Crippen LogP contribution in [0, 0.1) is 0 Å². The smallest absolute Gasteiger partial charge is 0.344 e. The first-order chi connectivity index (χ1) is 12.4. The van der Waals surface area contributed by atoms with Crippen molar-refractivity contribution in [1.82, 2.24) is 5.32 Å². The van der Waals surface area contributed by atoms with Gasteiger partial charge in [-0.2, -0.15) is 0 Å². The van der Waals surface area contributed by atoms with Crippen molar-refractivity contribution >= 4 is 46.3 Å². The molecule has 2 rings (SSSR count). The van der Waals surface area contributed by atoms with E-state index in [0.717, 1.165) is 11.1 Å². The molecule has 0 radical (unpaired) electrons. The molecular weight excluding hydrogens is 374 g/mol. The largest absolute Gasteiger partial charge is 0.493 e. The second-order valence-electron chi connectivity index (χ2n) is 5.19. The summed E-state index contributed by atoms with van der Waals surface area (Å²) >= 11 is 6.24. The minimum atomic E-state index is -0.439. The number of esters is 1. The van der Waals surface area contributed by atoms with Gasteiger partial charge in [0, 0.05) is 0 Å². The second kappa shape index (κ2) is 9.40. The van der Waals surface area contributed by atoms with Gasteiger partial charge >= 0.3 is 5.97 Å². The number of carbonyl (C=O) groups is 2. The molecule has 1 heterocycles. The maximum Gasteiger partial charge on any atom is 0.344 e. The van der Waals surface area contributed by atoms with Crippen LogP contribution in [0.5, 0.6) is 11.5 Å². The van der Waals surface area contributed by atoms with E-state index in [2.05, 4.69) is 5.32 Å². The van der Waals surface area contributed by atoms with Gasteiger partial charge in [-0.25, -0.2) is 4.79 Å². The van der Waals surface area contributed by atoms with Gasteiger partial charge in [0.2, 0.25) is 0 Å². The lowest BCUT2D eigenvalue weighted by Crippen LogP contribution is -2.18. The third kappa shape index (κ3) is 5.34. The number of benzene rings is 1. The number of ether oxygens (including phenoxy) is 3. The minimum absolute atomic E-state index is 0.178. The summed E-state index contributed by atoms with van der Waals surface area (Å²) in [7, 11) is 1.52. The third-order valence-corrected chi connectivity index (χ3v) is 4.69. The Hall–Kier alpha value is -2.32. The molecule has 0 saturated carbocycles. The van der Waals surface area contributed by atoms with Crippen molar-refractivity contribution in [3.63, 3.8) is 0 Å². The zero-order chi connectivity index (χ0) is 19.1. The zero-order valence-electron chi connectivity index (χ0n) is 14.7. The van der Waals surface area contributed by atoms with Gasteiger partial charge in [-0.1, -0.05) is 42.2 Å². The number of methoxy groups -OCH3 is 1. The Labute approximate surface area is 161 Å². The molecular formula is C18H19NO5S2. The lowest BCUT2D eigenvalue weighted by Gasteiger charge is -2.10. The summed E-state index contributed by atoms with van der Waals surface area (Å²) in [6, 6.07) is 5.32. The Morgan fingerprint density at radius 2 is 2.12 bits per heavy atom. The Morgan fingerprint density at radius 3 is 2.73 bits per heavy atom. The van der Waals surface area contributed by atoms with Gasteiger partial charge in [0.05, 0.1) is 18.6 Å². The highest BCUT2D eigenvalue weighted by Crippen LogP contribution is 2.30. The quantitative estimate of drug-likeness (QED) is 0.433. The first-order valence-electron chi connectivity index (χ1n) is 7.83. The van der Waals surface area contributed by atoms with Gasteiger partial charge < -0.3 is 19.5 Å². The molecule has 0 unspecified atom stereocenters. The molecule has 1 saturated heterocycles. The van der Waals surface area contributed by atoms with Crippen LogP contribution in [0.25, 0.3) is 6.08 Å². The topological polar surface area (TPSA) is 73.9 Å². The van der Waals surface area contributed by atoms with Crippen LogP contribution in [-0.4, -0.2) is 36.5 Å².